The zero-order chi connectivity index (χ0) is 11.4. The second-order valence-electron chi connectivity index (χ2n) is 4.06. The maximum absolute atomic E-state index is 6.08. The SMILES string of the molecule is CCC(C)C(C)Nc1ccc(N)cc1Cl. The molecule has 1 rings (SSSR count). The van der Waals surface area contributed by atoms with Gasteiger partial charge in [-0.3, -0.25) is 0 Å². The van der Waals surface area contributed by atoms with E-state index in [0.717, 1.165) is 12.1 Å². The van der Waals surface area contributed by atoms with E-state index in [1.165, 1.54) is 0 Å². The van der Waals surface area contributed by atoms with E-state index in [9.17, 15) is 0 Å². The first-order valence-corrected chi connectivity index (χ1v) is 5.74. The van der Waals surface area contributed by atoms with Crippen molar-refractivity contribution < 1.29 is 0 Å². The Morgan fingerprint density at radius 3 is 2.60 bits per heavy atom. The molecule has 0 radical (unpaired) electrons. The van der Waals surface area contributed by atoms with Crippen molar-refractivity contribution in [2.45, 2.75) is 33.2 Å². The minimum absolute atomic E-state index is 0.413. The van der Waals surface area contributed by atoms with E-state index in [0.29, 0.717) is 22.7 Å². The first-order chi connectivity index (χ1) is 7.04. The van der Waals surface area contributed by atoms with Crippen LogP contribution in [0.3, 0.4) is 0 Å². The number of hydrogen-bond donors (Lipinski definition) is 2. The Morgan fingerprint density at radius 2 is 2.07 bits per heavy atom. The largest absolute Gasteiger partial charge is 0.399 e. The van der Waals surface area contributed by atoms with E-state index in [1.54, 1.807) is 6.07 Å². The third kappa shape index (κ3) is 3.31. The van der Waals surface area contributed by atoms with Crippen molar-refractivity contribution in [2.24, 2.45) is 5.92 Å². The van der Waals surface area contributed by atoms with Crippen molar-refractivity contribution in [3.8, 4) is 0 Å². The van der Waals surface area contributed by atoms with Crippen LogP contribution in [0.25, 0.3) is 0 Å². The summed E-state index contributed by atoms with van der Waals surface area (Å²) in [7, 11) is 0. The highest BCUT2D eigenvalue weighted by atomic mass is 35.5. The quantitative estimate of drug-likeness (QED) is 0.768. The average molecular weight is 227 g/mol. The van der Waals surface area contributed by atoms with Gasteiger partial charge in [0.25, 0.3) is 0 Å². The molecule has 84 valence electrons. The predicted molar refractivity (Wildman–Crippen MR) is 68.4 cm³/mol. The molecule has 0 fully saturated rings. The maximum Gasteiger partial charge on any atom is 0.0658 e. The van der Waals surface area contributed by atoms with Crippen LogP contribution in [0, 0.1) is 5.92 Å². The lowest BCUT2D eigenvalue weighted by atomic mass is 10.0. The topological polar surface area (TPSA) is 38.0 Å². The fourth-order valence-corrected chi connectivity index (χ4v) is 1.63. The zero-order valence-corrected chi connectivity index (χ0v) is 10.3. The molecule has 0 aliphatic rings. The molecule has 15 heavy (non-hydrogen) atoms. The molecule has 0 heterocycles. The van der Waals surface area contributed by atoms with Gasteiger partial charge in [-0.15, -0.1) is 0 Å². The van der Waals surface area contributed by atoms with Gasteiger partial charge >= 0.3 is 0 Å². The molecule has 0 saturated heterocycles. The molecular weight excluding hydrogens is 208 g/mol. The fraction of sp³-hybridized carbons (Fsp3) is 0.500. The first kappa shape index (κ1) is 12.2. The smallest absolute Gasteiger partial charge is 0.0658 e. The lowest BCUT2D eigenvalue weighted by Gasteiger charge is -2.21. The van der Waals surface area contributed by atoms with Crippen molar-refractivity contribution in [1.29, 1.82) is 0 Å². The molecule has 0 spiro atoms. The Morgan fingerprint density at radius 1 is 1.40 bits per heavy atom. The summed E-state index contributed by atoms with van der Waals surface area (Å²) in [6, 6.07) is 5.97. The number of anilines is 2. The molecule has 2 unspecified atom stereocenters. The van der Waals surface area contributed by atoms with Gasteiger partial charge in [0.05, 0.1) is 10.7 Å². The maximum atomic E-state index is 6.08. The van der Waals surface area contributed by atoms with Gasteiger partial charge in [0.1, 0.15) is 0 Å². The van der Waals surface area contributed by atoms with Gasteiger partial charge in [0, 0.05) is 11.7 Å². The second-order valence-corrected chi connectivity index (χ2v) is 4.47. The second kappa shape index (κ2) is 5.26. The van der Waals surface area contributed by atoms with Crippen LogP contribution in [0.15, 0.2) is 18.2 Å². The summed E-state index contributed by atoms with van der Waals surface area (Å²) < 4.78 is 0. The van der Waals surface area contributed by atoms with Crippen LogP contribution in [0.4, 0.5) is 11.4 Å². The molecular formula is C12H19ClN2. The van der Waals surface area contributed by atoms with Gasteiger partial charge in [0.15, 0.2) is 0 Å². The van der Waals surface area contributed by atoms with Crippen LogP contribution < -0.4 is 11.1 Å². The first-order valence-electron chi connectivity index (χ1n) is 5.36. The number of benzene rings is 1. The number of hydrogen-bond acceptors (Lipinski definition) is 2. The molecule has 3 heteroatoms. The van der Waals surface area contributed by atoms with E-state index in [1.807, 2.05) is 12.1 Å². The molecule has 1 aromatic rings. The molecule has 2 nitrogen and oxygen atoms in total. The van der Waals surface area contributed by atoms with Crippen LogP contribution in [0.2, 0.25) is 5.02 Å². The minimum Gasteiger partial charge on any atom is -0.399 e. The van der Waals surface area contributed by atoms with Gasteiger partial charge in [-0.25, -0.2) is 0 Å². The van der Waals surface area contributed by atoms with E-state index >= 15 is 0 Å². The van der Waals surface area contributed by atoms with Gasteiger partial charge in [-0.05, 0) is 31.0 Å². The molecule has 0 aliphatic heterocycles. The molecule has 1 aromatic carbocycles. The van der Waals surface area contributed by atoms with Crippen LogP contribution in [-0.2, 0) is 0 Å². The van der Waals surface area contributed by atoms with Gasteiger partial charge in [-0.1, -0.05) is 31.9 Å². The summed E-state index contributed by atoms with van der Waals surface area (Å²) in [6.07, 6.45) is 1.15. The molecule has 0 amide bonds. The highest BCUT2D eigenvalue weighted by molar-refractivity contribution is 6.33. The molecule has 0 aromatic heterocycles. The molecule has 3 N–H and O–H groups in total. The normalized spacial score (nSPS) is 14.7. The Labute approximate surface area is 96.8 Å². The summed E-state index contributed by atoms with van der Waals surface area (Å²) in [5.41, 5.74) is 7.29. The molecule has 0 aliphatic carbocycles. The summed E-state index contributed by atoms with van der Waals surface area (Å²) in [5, 5.41) is 4.09. The summed E-state index contributed by atoms with van der Waals surface area (Å²) in [5.74, 6) is 0.624. The minimum atomic E-state index is 0.413. The van der Waals surface area contributed by atoms with E-state index < -0.39 is 0 Å². The van der Waals surface area contributed by atoms with Crippen LogP contribution >= 0.6 is 11.6 Å². The molecule has 2 atom stereocenters. The van der Waals surface area contributed by atoms with Gasteiger partial charge in [-0.2, -0.15) is 0 Å². The standard InChI is InChI=1S/C12H19ClN2/c1-4-8(2)9(3)15-12-6-5-10(14)7-11(12)13/h5-9,15H,4,14H2,1-3H3. The van der Waals surface area contributed by atoms with Crippen LogP contribution in [-0.4, -0.2) is 6.04 Å². The summed E-state index contributed by atoms with van der Waals surface area (Å²) in [4.78, 5) is 0. The number of nitrogen functional groups attached to an aromatic ring is 1. The van der Waals surface area contributed by atoms with Crippen molar-refractivity contribution in [3.05, 3.63) is 23.2 Å². The van der Waals surface area contributed by atoms with E-state index in [-0.39, 0.29) is 0 Å². The Kier molecular flexibility index (Phi) is 4.28. The van der Waals surface area contributed by atoms with Gasteiger partial charge in [0.2, 0.25) is 0 Å². The Balaban J connectivity index is 2.72. The third-order valence-electron chi connectivity index (χ3n) is 2.87. The monoisotopic (exact) mass is 226 g/mol. The lowest BCUT2D eigenvalue weighted by molar-refractivity contribution is 0.495. The summed E-state index contributed by atoms with van der Waals surface area (Å²) >= 11 is 6.08. The number of halogens is 1. The van der Waals surface area contributed by atoms with Crippen molar-refractivity contribution in [2.75, 3.05) is 11.1 Å². The number of nitrogens with two attached hydrogens (primary N) is 1. The van der Waals surface area contributed by atoms with Crippen molar-refractivity contribution in [3.63, 3.8) is 0 Å². The summed E-state index contributed by atoms with van der Waals surface area (Å²) in [6.45, 7) is 6.58. The predicted octanol–water partition coefficient (Wildman–Crippen LogP) is 3.77. The highest BCUT2D eigenvalue weighted by Gasteiger charge is 2.11. The third-order valence-corrected chi connectivity index (χ3v) is 3.19. The molecule has 0 saturated carbocycles. The highest BCUT2D eigenvalue weighted by Crippen LogP contribution is 2.26. The van der Waals surface area contributed by atoms with Crippen LogP contribution in [0.1, 0.15) is 27.2 Å². The number of rotatable bonds is 4. The lowest BCUT2D eigenvalue weighted by Crippen LogP contribution is -2.23. The van der Waals surface area contributed by atoms with Gasteiger partial charge < -0.3 is 11.1 Å². The Bertz CT molecular complexity index is 325. The van der Waals surface area contributed by atoms with E-state index in [4.69, 9.17) is 17.3 Å². The van der Waals surface area contributed by atoms with Crippen LogP contribution in [0.5, 0.6) is 0 Å². The molecule has 0 bridgehead atoms. The van der Waals surface area contributed by atoms with E-state index in [2.05, 4.69) is 26.1 Å². The Hall–Kier alpha value is -0.890. The van der Waals surface area contributed by atoms with Crippen molar-refractivity contribution >= 4 is 23.0 Å². The zero-order valence-electron chi connectivity index (χ0n) is 9.55. The average Bonchev–Trinajstić information content (AvgIpc) is 2.20. The fourth-order valence-electron chi connectivity index (χ4n) is 1.39. The van der Waals surface area contributed by atoms with Crippen molar-refractivity contribution in [1.82, 2.24) is 0 Å². The number of nitrogens with one attached hydrogen (secondary N) is 1.